The average Bonchev–Trinajstić information content (AvgIpc) is 2.79. The molecule has 1 aliphatic rings. The van der Waals surface area contributed by atoms with Gasteiger partial charge >= 0.3 is 0 Å². The summed E-state index contributed by atoms with van der Waals surface area (Å²) >= 11 is 1.32. The minimum atomic E-state index is -0.176. The topological polar surface area (TPSA) is 79.5 Å². The molecule has 0 atom stereocenters. The van der Waals surface area contributed by atoms with Crippen LogP contribution in [0.4, 0.5) is 5.69 Å². The van der Waals surface area contributed by atoms with Crippen molar-refractivity contribution in [2.75, 3.05) is 32.4 Å². The third-order valence-electron chi connectivity index (χ3n) is 3.47. The van der Waals surface area contributed by atoms with Gasteiger partial charge in [-0.15, -0.1) is 11.3 Å². The predicted molar refractivity (Wildman–Crippen MR) is 77.6 cm³/mol. The largest absolute Gasteiger partial charge is 0.397 e. The standard InChI is InChI=1S/C13H14N4O2S/c1-16-4-5-17(7-10(16)18)13(19)12-11(14)8-2-3-15-6-9(8)20-12/h2-3,6H,4-5,7,14H2,1H3. The fourth-order valence-electron chi connectivity index (χ4n) is 2.21. The number of aromatic nitrogens is 1. The van der Waals surface area contributed by atoms with Crippen LogP contribution < -0.4 is 5.73 Å². The van der Waals surface area contributed by atoms with Crippen LogP contribution in [0.15, 0.2) is 18.5 Å². The quantitative estimate of drug-likeness (QED) is 0.842. The number of likely N-dealkylation sites (N-methyl/N-ethyl adjacent to an activating group) is 1. The third kappa shape index (κ3) is 2.00. The Morgan fingerprint density at radius 3 is 2.95 bits per heavy atom. The van der Waals surface area contributed by atoms with Crippen LogP contribution in [0.25, 0.3) is 10.1 Å². The number of nitrogens with zero attached hydrogens (tertiary/aromatic N) is 3. The van der Waals surface area contributed by atoms with Crippen molar-refractivity contribution in [2.24, 2.45) is 0 Å². The zero-order chi connectivity index (χ0) is 14.3. The van der Waals surface area contributed by atoms with E-state index < -0.39 is 0 Å². The summed E-state index contributed by atoms with van der Waals surface area (Å²) in [4.78, 5) is 31.9. The summed E-state index contributed by atoms with van der Waals surface area (Å²) < 4.78 is 0.883. The SMILES string of the molecule is CN1CCN(C(=O)c2sc3cnccc3c2N)CC1=O. The number of hydrogen-bond acceptors (Lipinski definition) is 5. The molecule has 20 heavy (non-hydrogen) atoms. The monoisotopic (exact) mass is 290 g/mol. The molecule has 104 valence electrons. The molecule has 0 aromatic carbocycles. The van der Waals surface area contributed by atoms with Crippen molar-refractivity contribution in [3.8, 4) is 0 Å². The van der Waals surface area contributed by atoms with Crippen molar-refractivity contribution in [1.82, 2.24) is 14.8 Å². The van der Waals surface area contributed by atoms with E-state index in [4.69, 9.17) is 5.73 Å². The van der Waals surface area contributed by atoms with Gasteiger partial charge in [0.25, 0.3) is 5.91 Å². The number of pyridine rings is 1. The van der Waals surface area contributed by atoms with E-state index in [0.717, 1.165) is 10.1 Å². The van der Waals surface area contributed by atoms with Crippen LogP contribution in [0.2, 0.25) is 0 Å². The van der Waals surface area contributed by atoms with E-state index in [2.05, 4.69) is 4.98 Å². The highest BCUT2D eigenvalue weighted by molar-refractivity contribution is 7.21. The van der Waals surface area contributed by atoms with Crippen LogP contribution in [0.5, 0.6) is 0 Å². The summed E-state index contributed by atoms with van der Waals surface area (Å²) in [7, 11) is 1.74. The molecule has 0 aliphatic carbocycles. The van der Waals surface area contributed by atoms with E-state index in [1.54, 1.807) is 35.3 Å². The maximum Gasteiger partial charge on any atom is 0.266 e. The molecule has 2 aromatic heterocycles. The van der Waals surface area contributed by atoms with Crippen molar-refractivity contribution in [3.05, 3.63) is 23.3 Å². The Kier molecular flexibility index (Phi) is 3.06. The van der Waals surface area contributed by atoms with Crippen molar-refractivity contribution < 1.29 is 9.59 Å². The first-order valence-corrected chi connectivity index (χ1v) is 7.05. The third-order valence-corrected chi connectivity index (χ3v) is 4.61. The minimum absolute atomic E-state index is 0.0500. The van der Waals surface area contributed by atoms with E-state index in [1.807, 2.05) is 0 Å². The Morgan fingerprint density at radius 2 is 2.25 bits per heavy atom. The lowest BCUT2D eigenvalue weighted by molar-refractivity contribution is -0.133. The number of thiophene rings is 1. The summed E-state index contributed by atoms with van der Waals surface area (Å²) in [6, 6.07) is 1.80. The second-order valence-corrected chi connectivity index (χ2v) is 5.81. The summed E-state index contributed by atoms with van der Waals surface area (Å²) in [5, 5.41) is 0.841. The van der Waals surface area contributed by atoms with Gasteiger partial charge in [-0.25, -0.2) is 0 Å². The minimum Gasteiger partial charge on any atom is -0.397 e. The first-order valence-electron chi connectivity index (χ1n) is 6.23. The smallest absolute Gasteiger partial charge is 0.266 e. The van der Waals surface area contributed by atoms with Gasteiger partial charge in [-0.1, -0.05) is 0 Å². The number of hydrogen-bond donors (Lipinski definition) is 1. The lowest BCUT2D eigenvalue weighted by Gasteiger charge is -2.31. The summed E-state index contributed by atoms with van der Waals surface area (Å²) in [6.45, 7) is 1.20. The number of nitrogens with two attached hydrogens (primary N) is 1. The molecule has 2 amide bonds. The number of carbonyl (C=O) groups excluding carboxylic acids is 2. The Balaban J connectivity index is 1.93. The summed E-state index contributed by atoms with van der Waals surface area (Å²) in [5.41, 5.74) is 6.52. The highest BCUT2D eigenvalue weighted by atomic mass is 32.1. The van der Waals surface area contributed by atoms with Gasteiger partial charge in [-0.05, 0) is 6.07 Å². The molecule has 7 heteroatoms. The highest BCUT2D eigenvalue weighted by Gasteiger charge is 2.28. The average molecular weight is 290 g/mol. The second-order valence-electron chi connectivity index (χ2n) is 4.76. The number of anilines is 1. The zero-order valence-corrected chi connectivity index (χ0v) is 11.8. The number of rotatable bonds is 1. The molecule has 0 bridgehead atoms. The Labute approximate surface area is 119 Å². The van der Waals surface area contributed by atoms with Gasteiger partial charge in [0.1, 0.15) is 11.4 Å². The molecular weight excluding hydrogens is 276 g/mol. The maximum absolute atomic E-state index is 12.5. The van der Waals surface area contributed by atoms with Crippen LogP contribution in [0.1, 0.15) is 9.67 Å². The van der Waals surface area contributed by atoms with Crippen LogP contribution in [0, 0.1) is 0 Å². The molecule has 0 unspecified atom stereocenters. The lowest BCUT2D eigenvalue weighted by Crippen LogP contribution is -2.50. The molecule has 0 spiro atoms. The van der Waals surface area contributed by atoms with Gasteiger partial charge in [0.15, 0.2) is 0 Å². The van der Waals surface area contributed by atoms with Crippen molar-refractivity contribution in [2.45, 2.75) is 0 Å². The van der Waals surface area contributed by atoms with Crippen LogP contribution >= 0.6 is 11.3 Å². The highest BCUT2D eigenvalue weighted by Crippen LogP contribution is 2.33. The van der Waals surface area contributed by atoms with E-state index >= 15 is 0 Å². The fraction of sp³-hybridized carbons (Fsp3) is 0.308. The van der Waals surface area contributed by atoms with Crippen molar-refractivity contribution >= 4 is 38.9 Å². The molecule has 2 aromatic rings. The summed E-state index contributed by atoms with van der Waals surface area (Å²) in [6.07, 6.45) is 3.35. The van der Waals surface area contributed by atoms with E-state index in [9.17, 15) is 9.59 Å². The lowest BCUT2D eigenvalue weighted by atomic mass is 10.2. The van der Waals surface area contributed by atoms with Gasteiger partial charge in [0.2, 0.25) is 5.91 Å². The number of piperazine rings is 1. The molecule has 1 fully saturated rings. The van der Waals surface area contributed by atoms with E-state index in [0.29, 0.717) is 23.7 Å². The Bertz CT molecular complexity index is 697. The first kappa shape index (κ1) is 12.9. The second kappa shape index (κ2) is 4.75. The molecule has 1 aliphatic heterocycles. The van der Waals surface area contributed by atoms with Crippen LogP contribution in [-0.2, 0) is 4.79 Å². The first-order chi connectivity index (χ1) is 9.58. The maximum atomic E-state index is 12.5. The van der Waals surface area contributed by atoms with E-state index in [1.165, 1.54) is 11.3 Å². The van der Waals surface area contributed by atoms with Gasteiger partial charge < -0.3 is 15.5 Å². The summed E-state index contributed by atoms with van der Waals surface area (Å²) in [5.74, 6) is -0.226. The number of carbonyl (C=O) groups is 2. The van der Waals surface area contributed by atoms with Crippen LogP contribution in [-0.4, -0.2) is 53.3 Å². The van der Waals surface area contributed by atoms with Crippen molar-refractivity contribution in [3.63, 3.8) is 0 Å². The van der Waals surface area contributed by atoms with E-state index in [-0.39, 0.29) is 18.4 Å². The van der Waals surface area contributed by atoms with Gasteiger partial charge in [-0.2, -0.15) is 0 Å². The van der Waals surface area contributed by atoms with Gasteiger partial charge in [0.05, 0.1) is 10.4 Å². The molecule has 0 radical (unpaired) electrons. The molecular formula is C13H14N4O2S. The molecule has 2 N–H and O–H groups in total. The van der Waals surface area contributed by atoms with Crippen molar-refractivity contribution in [1.29, 1.82) is 0 Å². The number of amides is 2. The normalized spacial score (nSPS) is 15.9. The molecule has 0 saturated carbocycles. The van der Waals surface area contributed by atoms with Gasteiger partial charge in [0, 0.05) is 37.9 Å². The Hall–Kier alpha value is -2.15. The number of nitrogen functional groups attached to an aromatic ring is 1. The zero-order valence-electron chi connectivity index (χ0n) is 11.0. The van der Waals surface area contributed by atoms with Gasteiger partial charge in [-0.3, -0.25) is 14.6 Å². The molecule has 6 nitrogen and oxygen atoms in total. The molecule has 3 heterocycles. The predicted octanol–water partition coefficient (Wildman–Crippen LogP) is 0.793. The van der Waals surface area contributed by atoms with Crippen LogP contribution in [0.3, 0.4) is 0 Å². The Morgan fingerprint density at radius 1 is 1.45 bits per heavy atom. The molecule has 3 rings (SSSR count). The number of fused-ring (bicyclic) bond motifs is 1. The molecule has 1 saturated heterocycles. The fourth-order valence-corrected chi connectivity index (χ4v) is 3.26.